The normalized spacial score (nSPS) is 10.6. The van der Waals surface area contributed by atoms with Crippen LogP contribution in [-0.2, 0) is 17.8 Å². The number of halogens is 1. The van der Waals surface area contributed by atoms with Crippen LogP contribution in [-0.4, -0.2) is 45.7 Å². The predicted octanol–water partition coefficient (Wildman–Crippen LogP) is 2.74. The summed E-state index contributed by atoms with van der Waals surface area (Å²) >= 11 is 0. The van der Waals surface area contributed by atoms with Crippen LogP contribution in [0.3, 0.4) is 0 Å². The van der Waals surface area contributed by atoms with Crippen molar-refractivity contribution in [1.82, 2.24) is 16.0 Å². The Labute approximate surface area is 195 Å². The number of rotatable bonds is 10. The van der Waals surface area contributed by atoms with Crippen molar-refractivity contribution in [2.45, 2.75) is 19.9 Å². The summed E-state index contributed by atoms with van der Waals surface area (Å²) in [6, 6.07) is 15.7. The summed E-state index contributed by atoms with van der Waals surface area (Å²) in [6.45, 7) is 3.94. The molecule has 0 saturated carbocycles. The molecule has 0 aliphatic carbocycles. The summed E-state index contributed by atoms with van der Waals surface area (Å²) in [4.78, 5) is 16.4. The van der Waals surface area contributed by atoms with Crippen molar-refractivity contribution in [2.24, 2.45) is 4.99 Å². The Morgan fingerprint density at radius 1 is 0.933 bits per heavy atom. The molecule has 0 aromatic heterocycles. The quantitative estimate of drug-likeness (QED) is 0.252. The van der Waals surface area contributed by atoms with Gasteiger partial charge in [-0.1, -0.05) is 36.4 Å². The van der Waals surface area contributed by atoms with Crippen LogP contribution in [0, 0.1) is 0 Å². The number of methoxy groups -OCH3 is 2. The van der Waals surface area contributed by atoms with Gasteiger partial charge in [0.1, 0.15) is 6.54 Å². The van der Waals surface area contributed by atoms with E-state index in [1.807, 2.05) is 55.5 Å². The van der Waals surface area contributed by atoms with Gasteiger partial charge in [0, 0.05) is 19.6 Å². The van der Waals surface area contributed by atoms with Gasteiger partial charge in [-0.2, -0.15) is 0 Å². The Hall–Kier alpha value is -2.49. The second kappa shape index (κ2) is 14.5. The summed E-state index contributed by atoms with van der Waals surface area (Å²) in [5.41, 5.74) is 2.18. The summed E-state index contributed by atoms with van der Waals surface area (Å²) < 4.78 is 10.6. The van der Waals surface area contributed by atoms with Crippen LogP contribution < -0.4 is 25.4 Å². The fraction of sp³-hybridized carbons (Fsp3) is 0.364. The summed E-state index contributed by atoms with van der Waals surface area (Å²) in [5, 5.41) is 9.28. The van der Waals surface area contributed by atoms with Crippen LogP contribution in [0.5, 0.6) is 11.5 Å². The average Bonchev–Trinajstić information content (AvgIpc) is 2.76. The molecule has 30 heavy (non-hydrogen) atoms. The van der Waals surface area contributed by atoms with Gasteiger partial charge in [0.2, 0.25) is 5.91 Å². The third-order valence-corrected chi connectivity index (χ3v) is 4.21. The number of guanidine groups is 1. The Morgan fingerprint density at radius 3 is 2.33 bits per heavy atom. The predicted molar refractivity (Wildman–Crippen MR) is 131 cm³/mol. The molecule has 2 aromatic carbocycles. The Balaban J connectivity index is 0.00000450. The van der Waals surface area contributed by atoms with Gasteiger partial charge in [0.25, 0.3) is 0 Å². The van der Waals surface area contributed by atoms with Crippen molar-refractivity contribution in [2.75, 3.05) is 33.9 Å². The van der Waals surface area contributed by atoms with Crippen molar-refractivity contribution >= 4 is 35.8 Å². The van der Waals surface area contributed by atoms with Crippen LogP contribution >= 0.6 is 24.0 Å². The lowest BCUT2D eigenvalue weighted by Crippen LogP contribution is -2.39. The van der Waals surface area contributed by atoms with Crippen LogP contribution in [0.4, 0.5) is 0 Å². The van der Waals surface area contributed by atoms with Crippen molar-refractivity contribution in [3.63, 3.8) is 0 Å². The molecule has 2 aromatic rings. The largest absolute Gasteiger partial charge is 0.493 e. The smallest absolute Gasteiger partial charge is 0.242 e. The van der Waals surface area contributed by atoms with E-state index in [9.17, 15) is 4.79 Å². The molecule has 164 valence electrons. The lowest BCUT2D eigenvalue weighted by molar-refractivity contribution is -0.119. The molecule has 0 saturated heterocycles. The molecule has 0 unspecified atom stereocenters. The van der Waals surface area contributed by atoms with E-state index in [1.165, 1.54) is 0 Å². The number of carbonyl (C=O) groups is 1. The number of nitrogens with zero attached hydrogens (tertiary/aromatic N) is 1. The number of amides is 1. The third-order valence-electron chi connectivity index (χ3n) is 4.21. The van der Waals surface area contributed by atoms with Crippen molar-refractivity contribution in [1.29, 1.82) is 0 Å². The first-order chi connectivity index (χ1) is 14.2. The van der Waals surface area contributed by atoms with Gasteiger partial charge in [0.15, 0.2) is 17.5 Å². The summed E-state index contributed by atoms with van der Waals surface area (Å²) in [5.74, 6) is 1.91. The van der Waals surface area contributed by atoms with Gasteiger partial charge in [-0.05, 0) is 36.6 Å². The molecule has 0 aliphatic heterocycles. The molecule has 2 rings (SSSR count). The highest BCUT2D eigenvalue weighted by molar-refractivity contribution is 14.0. The Morgan fingerprint density at radius 2 is 1.67 bits per heavy atom. The number of ether oxygens (including phenoxy) is 2. The number of nitrogens with one attached hydrogen (secondary N) is 3. The number of carbonyl (C=O) groups excluding carboxylic acids is 1. The minimum Gasteiger partial charge on any atom is -0.493 e. The number of hydrogen-bond acceptors (Lipinski definition) is 4. The fourth-order valence-corrected chi connectivity index (χ4v) is 2.71. The third kappa shape index (κ3) is 8.89. The van der Waals surface area contributed by atoms with E-state index in [1.54, 1.807) is 14.2 Å². The molecule has 1 amide bonds. The van der Waals surface area contributed by atoms with E-state index in [0.29, 0.717) is 37.1 Å². The minimum atomic E-state index is -0.119. The van der Waals surface area contributed by atoms with E-state index < -0.39 is 0 Å². The Kier molecular flexibility index (Phi) is 12.3. The second-order valence-electron chi connectivity index (χ2n) is 6.32. The van der Waals surface area contributed by atoms with Crippen LogP contribution in [0.1, 0.15) is 18.1 Å². The maximum Gasteiger partial charge on any atom is 0.242 e. The van der Waals surface area contributed by atoms with Gasteiger partial charge in [-0.25, -0.2) is 4.99 Å². The molecule has 0 heterocycles. The van der Waals surface area contributed by atoms with Gasteiger partial charge in [0.05, 0.1) is 14.2 Å². The van der Waals surface area contributed by atoms with Crippen LogP contribution in [0.2, 0.25) is 0 Å². The molecular formula is C22H31IN4O3. The maximum absolute atomic E-state index is 12.1. The molecule has 0 aliphatic rings. The lowest BCUT2D eigenvalue weighted by Gasteiger charge is -2.13. The van der Waals surface area contributed by atoms with E-state index in [0.717, 1.165) is 17.5 Å². The molecular weight excluding hydrogens is 495 g/mol. The molecule has 7 nitrogen and oxygen atoms in total. The van der Waals surface area contributed by atoms with E-state index in [-0.39, 0.29) is 36.4 Å². The van der Waals surface area contributed by atoms with Crippen molar-refractivity contribution < 1.29 is 14.3 Å². The first-order valence-corrected chi connectivity index (χ1v) is 9.70. The number of benzene rings is 2. The summed E-state index contributed by atoms with van der Waals surface area (Å²) in [7, 11) is 3.24. The number of aliphatic imine (C=N–C) groups is 1. The van der Waals surface area contributed by atoms with Gasteiger partial charge in [-0.15, -0.1) is 24.0 Å². The zero-order chi connectivity index (χ0) is 20.9. The van der Waals surface area contributed by atoms with Gasteiger partial charge < -0.3 is 25.4 Å². The standard InChI is InChI=1S/C22H30N4O3.HI/c1-4-23-22(26-16-21(27)25-15-18-8-6-5-7-9-18)24-13-12-17-10-11-19(28-2)20(14-17)29-3;/h5-11,14H,4,12-13,15-16H2,1-3H3,(H,25,27)(H2,23,24,26);1H. The summed E-state index contributed by atoms with van der Waals surface area (Å²) in [6.07, 6.45) is 0.783. The fourth-order valence-electron chi connectivity index (χ4n) is 2.71. The van der Waals surface area contributed by atoms with E-state index in [2.05, 4.69) is 20.9 Å². The molecule has 0 atom stereocenters. The molecule has 0 spiro atoms. The molecule has 0 fully saturated rings. The van der Waals surface area contributed by atoms with Crippen LogP contribution in [0.15, 0.2) is 53.5 Å². The van der Waals surface area contributed by atoms with Gasteiger partial charge in [-0.3, -0.25) is 4.79 Å². The minimum absolute atomic E-state index is 0. The highest BCUT2D eigenvalue weighted by Gasteiger charge is 2.06. The number of hydrogen-bond donors (Lipinski definition) is 3. The molecule has 8 heteroatoms. The zero-order valence-electron chi connectivity index (χ0n) is 17.7. The monoisotopic (exact) mass is 526 g/mol. The second-order valence-corrected chi connectivity index (χ2v) is 6.32. The van der Waals surface area contributed by atoms with Crippen LogP contribution in [0.25, 0.3) is 0 Å². The maximum atomic E-state index is 12.1. The SMILES string of the molecule is CCNC(=NCC(=O)NCc1ccccc1)NCCc1ccc(OC)c(OC)c1.I. The zero-order valence-corrected chi connectivity index (χ0v) is 20.1. The van der Waals surface area contributed by atoms with Gasteiger partial charge >= 0.3 is 0 Å². The molecule has 0 bridgehead atoms. The highest BCUT2D eigenvalue weighted by Crippen LogP contribution is 2.27. The Bertz CT molecular complexity index is 800. The average molecular weight is 526 g/mol. The van der Waals surface area contributed by atoms with E-state index >= 15 is 0 Å². The highest BCUT2D eigenvalue weighted by atomic mass is 127. The van der Waals surface area contributed by atoms with Crippen molar-refractivity contribution in [3.05, 3.63) is 59.7 Å². The first-order valence-electron chi connectivity index (χ1n) is 9.70. The van der Waals surface area contributed by atoms with Crippen molar-refractivity contribution in [3.8, 4) is 11.5 Å². The molecule has 0 radical (unpaired) electrons. The van der Waals surface area contributed by atoms with E-state index in [4.69, 9.17) is 9.47 Å². The lowest BCUT2D eigenvalue weighted by atomic mass is 10.1. The topological polar surface area (TPSA) is 84.0 Å². The first kappa shape index (κ1) is 25.5. The molecule has 3 N–H and O–H groups in total.